The van der Waals surface area contributed by atoms with E-state index in [4.69, 9.17) is 0 Å². The number of piperazine rings is 1. The number of nitrogens with one attached hydrogen (secondary N) is 1. The summed E-state index contributed by atoms with van der Waals surface area (Å²) in [6, 6.07) is 15.9. The summed E-state index contributed by atoms with van der Waals surface area (Å²) in [5.41, 5.74) is 2.15. The van der Waals surface area contributed by atoms with Gasteiger partial charge in [-0.15, -0.1) is 0 Å². The second kappa shape index (κ2) is 7.00. The summed E-state index contributed by atoms with van der Waals surface area (Å²) >= 11 is 0. The van der Waals surface area contributed by atoms with Gasteiger partial charge in [0.15, 0.2) is 0 Å². The van der Waals surface area contributed by atoms with Crippen molar-refractivity contribution in [1.82, 2.24) is 4.98 Å². The lowest BCUT2D eigenvalue weighted by Gasteiger charge is -2.38. The Kier molecular flexibility index (Phi) is 4.39. The maximum atomic E-state index is 12.1. The average molecular weight is 348 g/mol. The van der Waals surface area contributed by atoms with Crippen molar-refractivity contribution in [3.05, 3.63) is 80.9 Å². The number of benzene rings is 1. The van der Waals surface area contributed by atoms with Crippen LogP contribution in [0, 0.1) is 0 Å². The molecule has 0 aliphatic carbocycles. The predicted molar refractivity (Wildman–Crippen MR) is 104 cm³/mol. The molecule has 6 nitrogen and oxygen atoms in total. The molecule has 0 spiro atoms. The molecule has 6 heteroatoms. The first kappa shape index (κ1) is 16.3. The Hall–Kier alpha value is -3.15. The molecule has 1 fully saturated rings. The molecular weight excluding hydrogens is 328 g/mol. The third-order valence-electron chi connectivity index (χ3n) is 4.77. The normalized spacial score (nSPS) is 14.6. The highest BCUT2D eigenvalue weighted by Gasteiger charge is 2.28. The number of para-hydroxylation sites is 1. The van der Waals surface area contributed by atoms with Crippen LogP contribution in [0.4, 0.5) is 17.1 Å². The molecular formula is C20H20N4O2. The van der Waals surface area contributed by atoms with Gasteiger partial charge in [-0.1, -0.05) is 24.3 Å². The maximum Gasteiger partial charge on any atom is 0.253 e. The van der Waals surface area contributed by atoms with Crippen LogP contribution >= 0.6 is 0 Å². The van der Waals surface area contributed by atoms with Crippen molar-refractivity contribution in [2.24, 2.45) is 0 Å². The highest BCUT2D eigenvalue weighted by Crippen LogP contribution is 2.24. The van der Waals surface area contributed by atoms with Crippen molar-refractivity contribution < 1.29 is 0 Å². The first-order valence-electron chi connectivity index (χ1n) is 8.76. The first-order chi connectivity index (χ1) is 12.7. The van der Waals surface area contributed by atoms with E-state index in [1.807, 2.05) is 41.3 Å². The van der Waals surface area contributed by atoms with Gasteiger partial charge in [-0.05, 0) is 24.3 Å². The molecule has 2 aromatic carbocycles. The molecule has 2 heterocycles. The van der Waals surface area contributed by atoms with E-state index in [0.717, 1.165) is 31.9 Å². The number of hydrogen-bond donors (Lipinski definition) is 1. The van der Waals surface area contributed by atoms with Crippen LogP contribution < -0.4 is 26.0 Å². The van der Waals surface area contributed by atoms with Crippen molar-refractivity contribution in [3.8, 4) is 0 Å². The maximum absolute atomic E-state index is 12.1. The standard InChI is InChI=1S/C20H20N4O2/c25-19-17(22-14-15-6-4-5-9-21-15)18(20(19)26)24-12-10-23(11-13-24)16-7-2-1-3-8-16/h1-9,22H,10-14H2. The van der Waals surface area contributed by atoms with Gasteiger partial charge < -0.3 is 15.1 Å². The Morgan fingerprint density at radius 3 is 2.23 bits per heavy atom. The molecule has 0 unspecified atom stereocenters. The molecule has 0 bridgehead atoms. The van der Waals surface area contributed by atoms with E-state index in [9.17, 15) is 9.59 Å². The van der Waals surface area contributed by atoms with Gasteiger partial charge in [0, 0.05) is 38.1 Å². The molecule has 1 aliphatic rings. The molecule has 1 saturated heterocycles. The van der Waals surface area contributed by atoms with Crippen LogP contribution in [0.15, 0.2) is 64.3 Å². The fourth-order valence-electron chi connectivity index (χ4n) is 3.35. The lowest BCUT2D eigenvalue weighted by molar-refractivity contribution is 0.650. The van der Waals surface area contributed by atoms with Gasteiger partial charge in [0.05, 0.1) is 12.2 Å². The summed E-state index contributed by atoms with van der Waals surface area (Å²) in [7, 11) is 0. The van der Waals surface area contributed by atoms with E-state index in [1.165, 1.54) is 5.69 Å². The number of aromatic nitrogens is 1. The van der Waals surface area contributed by atoms with Crippen LogP contribution in [0.25, 0.3) is 0 Å². The molecule has 0 saturated carbocycles. The summed E-state index contributed by atoms with van der Waals surface area (Å²) < 4.78 is 0. The van der Waals surface area contributed by atoms with Gasteiger partial charge in [-0.3, -0.25) is 14.6 Å². The van der Waals surface area contributed by atoms with E-state index in [2.05, 4.69) is 27.3 Å². The van der Waals surface area contributed by atoms with Gasteiger partial charge in [-0.2, -0.15) is 0 Å². The van der Waals surface area contributed by atoms with Crippen molar-refractivity contribution in [2.75, 3.05) is 41.3 Å². The zero-order valence-electron chi connectivity index (χ0n) is 14.4. The monoisotopic (exact) mass is 348 g/mol. The molecule has 1 aromatic heterocycles. The van der Waals surface area contributed by atoms with Crippen molar-refractivity contribution in [2.45, 2.75) is 6.54 Å². The summed E-state index contributed by atoms with van der Waals surface area (Å²) in [6.07, 6.45) is 1.71. The lowest BCUT2D eigenvalue weighted by Crippen LogP contribution is -2.51. The third-order valence-corrected chi connectivity index (χ3v) is 4.77. The van der Waals surface area contributed by atoms with Gasteiger partial charge in [-0.25, -0.2) is 0 Å². The molecule has 4 rings (SSSR count). The molecule has 0 radical (unpaired) electrons. The minimum Gasteiger partial charge on any atom is -0.374 e. The van der Waals surface area contributed by atoms with Crippen LogP contribution in [-0.4, -0.2) is 31.2 Å². The SMILES string of the molecule is O=c1c(NCc2ccccn2)c(N2CCN(c3ccccc3)CC2)c1=O. The first-order valence-corrected chi connectivity index (χ1v) is 8.76. The molecule has 0 atom stereocenters. The Morgan fingerprint density at radius 2 is 1.54 bits per heavy atom. The predicted octanol–water partition coefficient (Wildman–Crippen LogP) is 1.62. The Morgan fingerprint density at radius 1 is 0.846 bits per heavy atom. The molecule has 3 aromatic rings. The van der Waals surface area contributed by atoms with Crippen LogP contribution in [0.5, 0.6) is 0 Å². The Bertz CT molecular complexity index is 941. The summed E-state index contributed by atoms with van der Waals surface area (Å²) in [4.78, 5) is 32.7. The van der Waals surface area contributed by atoms with E-state index in [0.29, 0.717) is 17.9 Å². The average Bonchev–Trinajstić information content (AvgIpc) is 2.72. The van der Waals surface area contributed by atoms with Gasteiger partial charge in [0.25, 0.3) is 10.9 Å². The van der Waals surface area contributed by atoms with Crippen molar-refractivity contribution in [1.29, 1.82) is 0 Å². The molecule has 1 N–H and O–H groups in total. The second-order valence-corrected chi connectivity index (χ2v) is 6.37. The third kappa shape index (κ3) is 3.06. The van der Waals surface area contributed by atoms with E-state index >= 15 is 0 Å². The quantitative estimate of drug-likeness (QED) is 0.707. The van der Waals surface area contributed by atoms with E-state index < -0.39 is 5.43 Å². The fraction of sp³-hybridized carbons (Fsp3) is 0.250. The minimum atomic E-state index is -0.429. The van der Waals surface area contributed by atoms with E-state index in [1.54, 1.807) is 6.20 Å². The van der Waals surface area contributed by atoms with Crippen LogP contribution in [0.3, 0.4) is 0 Å². The Labute approximate surface area is 151 Å². The van der Waals surface area contributed by atoms with Gasteiger partial charge in [0.1, 0.15) is 11.4 Å². The zero-order valence-corrected chi connectivity index (χ0v) is 14.4. The largest absolute Gasteiger partial charge is 0.374 e. The summed E-state index contributed by atoms with van der Waals surface area (Å²) in [5, 5.41) is 3.10. The summed E-state index contributed by atoms with van der Waals surface area (Å²) in [6.45, 7) is 3.52. The van der Waals surface area contributed by atoms with Crippen LogP contribution in [-0.2, 0) is 6.54 Å². The van der Waals surface area contributed by atoms with Gasteiger partial charge in [0.2, 0.25) is 0 Å². The second-order valence-electron chi connectivity index (χ2n) is 6.37. The topological polar surface area (TPSA) is 65.5 Å². The number of hydrogen-bond acceptors (Lipinski definition) is 6. The number of anilines is 3. The number of rotatable bonds is 5. The van der Waals surface area contributed by atoms with Crippen LogP contribution in [0.2, 0.25) is 0 Å². The lowest BCUT2D eigenvalue weighted by atomic mass is 10.1. The zero-order chi connectivity index (χ0) is 17.9. The fourth-order valence-corrected chi connectivity index (χ4v) is 3.35. The van der Waals surface area contributed by atoms with Crippen molar-refractivity contribution in [3.63, 3.8) is 0 Å². The highest BCUT2D eigenvalue weighted by molar-refractivity contribution is 5.75. The highest BCUT2D eigenvalue weighted by atomic mass is 16.2. The molecule has 0 amide bonds. The molecule has 26 heavy (non-hydrogen) atoms. The van der Waals surface area contributed by atoms with Gasteiger partial charge >= 0.3 is 0 Å². The Balaban J connectivity index is 1.43. The molecule has 132 valence electrons. The van der Waals surface area contributed by atoms with Crippen molar-refractivity contribution >= 4 is 17.1 Å². The minimum absolute atomic E-state index is 0.387. The number of nitrogens with zero attached hydrogens (tertiary/aromatic N) is 3. The number of pyridine rings is 1. The smallest absolute Gasteiger partial charge is 0.253 e. The van der Waals surface area contributed by atoms with Crippen LogP contribution in [0.1, 0.15) is 5.69 Å². The molecule has 1 aliphatic heterocycles. The summed E-state index contributed by atoms with van der Waals surface area (Å²) in [5.74, 6) is 0. The van der Waals surface area contributed by atoms with E-state index in [-0.39, 0.29) is 5.43 Å².